The van der Waals surface area contributed by atoms with Crippen molar-refractivity contribution in [3.8, 4) is 0 Å². The number of carbonyl (C=O) groups excluding carboxylic acids is 1. The molecule has 0 aromatic carbocycles. The summed E-state index contributed by atoms with van der Waals surface area (Å²) in [6, 6.07) is 1.02. The lowest BCUT2D eigenvalue weighted by Gasteiger charge is -2.26. The molecule has 2 aromatic heterocycles. The largest absolute Gasteiger partial charge is 0.390 e. The Morgan fingerprint density at radius 2 is 2.11 bits per heavy atom. The SMILES string of the molecule is O=C(C1CC(c2c(F)cnc3[nH]ccc23)=CN1)N(CCC(F)(F)F)CC1CC1. The van der Waals surface area contributed by atoms with Crippen molar-refractivity contribution in [1.82, 2.24) is 20.2 Å². The third-order valence-electron chi connectivity index (χ3n) is 5.19. The average molecular weight is 396 g/mol. The van der Waals surface area contributed by atoms with E-state index in [0.29, 0.717) is 28.7 Å². The highest BCUT2D eigenvalue weighted by molar-refractivity contribution is 5.93. The molecule has 1 unspecified atom stereocenters. The molecular weight excluding hydrogens is 376 g/mol. The van der Waals surface area contributed by atoms with Crippen LogP contribution in [0.3, 0.4) is 0 Å². The quantitative estimate of drug-likeness (QED) is 0.734. The second-order valence-electron chi connectivity index (χ2n) is 7.41. The first-order valence-corrected chi connectivity index (χ1v) is 9.24. The van der Waals surface area contributed by atoms with Crippen LogP contribution in [-0.2, 0) is 4.79 Å². The summed E-state index contributed by atoms with van der Waals surface area (Å²) < 4.78 is 52.3. The number of halogens is 4. The zero-order valence-electron chi connectivity index (χ0n) is 15.0. The molecule has 0 radical (unpaired) electrons. The molecule has 1 fully saturated rings. The number of hydrogen-bond acceptors (Lipinski definition) is 3. The van der Waals surface area contributed by atoms with Crippen LogP contribution >= 0.6 is 0 Å². The van der Waals surface area contributed by atoms with Crippen molar-refractivity contribution in [2.75, 3.05) is 13.1 Å². The van der Waals surface area contributed by atoms with Gasteiger partial charge in [0.05, 0.1) is 12.6 Å². The molecule has 2 aliphatic rings. The summed E-state index contributed by atoms with van der Waals surface area (Å²) in [4.78, 5) is 21.0. The van der Waals surface area contributed by atoms with E-state index >= 15 is 0 Å². The Kier molecular flexibility index (Phi) is 4.76. The van der Waals surface area contributed by atoms with Crippen molar-refractivity contribution in [1.29, 1.82) is 0 Å². The van der Waals surface area contributed by atoms with Gasteiger partial charge in [-0.2, -0.15) is 13.2 Å². The van der Waals surface area contributed by atoms with E-state index in [1.54, 1.807) is 18.5 Å². The number of nitrogens with one attached hydrogen (secondary N) is 2. The van der Waals surface area contributed by atoms with E-state index in [9.17, 15) is 22.4 Å². The third kappa shape index (κ3) is 3.98. The topological polar surface area (TPSA) is 61.0 Å². The number of pyridine rings is 1. The van der Waals surface area contributed by atoms with E-state index in [4.69, 9.17) is 0 Å². The van der Waals surface area contributed by atoms with Crippen LogP contribution in [0.5, 0.6) is 0 Å². The molecule has 1 amide bonds. The monoisotopic (exact) mass is 396 g/mol. The van der Waals surface area contributed by atoms with E-state index < -0.39 is 24.5 Å². The number of rotatable bonds is 6. The minimum absolute atomic E-state index is 0.216. The molecule has 3 heterocycles. The maximum absolute atomic E-state index is 14.4. The summed E-state index contributed by atoms with van der Waals surface area (Å²) in [5, 5.41) is 3.53. The summed E-state index contributed by atoms with van der Waals surface area (Å²) in [6.45, 7) is -0.00782. The fourth-order valence-electron chi connectivity index (χ4n) is 3.57. The van der Waals surface area contributed by atoms with Crippen molar-refractivity contribution < 1.29 is 22.4 Å². The zero-order valence-corrected chi connectivity index (χ0v) is 15.0. The van der Waals surface area contributed by atoms with Gasteiger partial charge in [0.1, 0.15) is 17.5 Å². The Balaban J connectivity index is 1.48. The Hall–Kier alpha value is -2.58. The van der Waals surface area contributed by atoms with E-state index in [0.717, 1.165) is 19.0 Å². The molecular formula is C19H20F4N4O. The van der Waals surface area contributed by atoms with Crippen LogP contribution in [-0.4, -0.2) is 46.1 Å². The molecule has 5 nitrogen and oxygen atoms in total. The molecule has 28 heavy (non-hydrogen) atoms. The van der Waals surface area contributed by atoms with Gasteiger partial charge in [0.2, 0.25) is 5.91 Å². The van der Waals surface area contributed by atoms with Crippen LogP contribution in [0.2, 0.25) is 0 Å². The second-order valence-corrected chi connectivity index (χ2v) is 7.41. The van der Waals surface area contributed by atoms with Crippen LogP contribution in [0, 0.1) is 11.7 Å². The number of aromatic nitrogens is 2. The number of H-pyrrole nitrogens is 1. The predicted molar refractivity (Wildman–Crippen MR) is 95.5 cm³/mol. The number of amides is 1. The minimum Gasteiger partial charge on any atom is -0.379 e. The maximum atomic E-state index is 14.4. The van der Waals surface area contributed by atoms with Crippen molar-refractivity contribution in [2.24, 2.45) is 5.92 Å². The fourth-order valence-corrected chi connectivity index (χ4v) is 3.57. The summed E-state index contributed by atoms with van der Waals surface area (Å²) in [7, 11) is 0. The van der Waals surface area contributed by atoms with Gasteiger partial charge < -0.3 is 15.2 Å². The smallest absolute Gasteiger partial charge is 0.379 e. The zero-order chi connectivity index (χ0) is 19.9. The molecule has 0 saturated heterocycles. The predicted octanol–water partition coefficient (Wildman–Crippen LogP) is 3.60. The second kappa shape index (κ2) is 7.10. The highest BCUT2D eigenvalue weighted by Crippen LogP contribution is 2.34. The van der Waals surface area contributed by atoms with Crippen molar-refractivity contribution >= 4 is 22.5 Å². The van der Waals surface area contributed by atoms with E-state index in [-0.39, 0.29) is 24.8 Å². The molecule has 4 rings (SSSR count). The first-order chi connectivity index (χ1) is 13.3. The van der Waals surface area contributed by atoms with Crippen LogP contribution in [0.25, 0.3) is 16.6 Å². The highest BCUT2D eigenvalue weighted by atomic mass is 19.4. The molecule has 150 valence electrons. The van der Waals surface area contributed by atoms with Gasteiger partial charge in [0.25, 0.3) is 0 Å². The lowest BCUT2D eigenvalue weighted by atomic mass is 9.99. The van der Waals surface area contributed by atoms with Crippen LogP contribution < -0.4 is 5.32 Å². The van der Waals surface area contributed by atoms with Crippen molar-refractivity contribution in [2.45, 2.75) is 37.9 Å². The Bertz CT molecular complexity index is 916. The number of carbonyl (C=O) groups is 1. The van der Waals surface area contributed by atoms with Gasteiger partial charge in [-0.15, -0.1) is 0 Å². The number of fused-ring (bicyclic) bond motifs is 1. The van der Waals surface area contributed by atoms with Crippen molar-refractivity contribution in [3.05, 3.63) is 36.0 Å². The maximum Gasteiger partial charge on any atom is 0.390 e. The average Bonchev–Trinajstić information content (AvgIpc) is 3.12. The third-order valence-corrected chi connectivity index (χ3v) is 5.19. The van der Waals surface area contributed by atoms with E-state index in [1.807, 2.05) is 0 Å². The normalized spacial score (nSPS) is 19.6. The molecule has 1 atom stereocenters. The van der Waals surface area contributed by atoms with Gasteiger partial charge in [0, 0.05) is 42.9 Å². The molecule has 0 bridgehead atoms. The van der Waals surface area contributed by atoms with Crippen LogP contribution in [0.1, 0.15) is 31.2 Å². The fraction of sp³-hybridized carbons (Fsp3) is 0.474. The lowest BCUT2D eigenvalue weighted by molar-refractivity contribution is -0.146. The van der Waals surface area contributed by atoms with Gasteiger partial charge in [-0.05, 0) is 30.4 Å². The van der Waals surface area contributed by atoms with Gasteiger partial charge in [-0.1, -0.05) is 0 Å². The summed E-state index contributed by atoms with van der Waals surface area (Å²) in [5.74, 6) is -0.592. The number of nitrogens with zero attached hydrogens (tertiary/aromatic N) is 2. The minimum atomic E-state index is -4.31. The molecule has 1 aliphatic heterocycles. The molecule has 1 saturated carbocycles. The van der Waals surface area contributed by atoms with Gasteiger partial charge >= 0.3 is 6.18 Å². The molecule has 1 aliphatic carbocycles. The highest BCUT2D eigenvalue weighted by Gasteiger charge is 2.36. The Morgan fingerprint density at radius 1 is 1.32 bits per heavy atom. The number of aromatic amines is 1. The first-order valence-electron chi connectivity index (χ1n) is 9.24. The van der Waals surface area contributed by atoms with Crippen LogP contribution in [0.15, 0.2) is 24.7 Å². The van der Waals surface area contributed by atoms with E-state index in [2.05, 4.69) is 15.3 Å². The molecule has 2 aromatic rings. The Labute approximate surface area is 158 Å². The lowest BCUT2D eigenvalue weighted by Crippen LogP contribution is -2.45. The van der Waals surface area contributed by atoms with Crippen molar-refractivity contribution in [3.63, 3.8) is 0 Å². The molecule has 0 spiro atoms. The standard InChI is InChI=1S/C19H20F4N4O/c20-14-9-26-17-13(3-5-24-17)16(14)12-7-15(25-8-12)18(28)27(10-11-1-2-11)6-4-19(21,22)23/h3,5,8-9,11,15,25H,1-2,4,6-7,10H2,(H,24,26). The van der Waals surface area contributed by atoms with Gasteiger partial charge in [-0.25, -0.2) is 9.37 Å². The van der Waals surface area contributed by atoms with Gasteiger partial charge in [0.15, 0.2) is 0 Å². The number of alkyl halides is 3. The summed E-state index contributed by atoms with van der Waals surface area (Å²) in [5.41, 5.74) is 1.50. The summed E-state index contributed by atoms with van der Waals surface area (Å²) in [6.07, 6.45) is 1.10. The molecule has 2 N–H and O–H groups in total. The van der Waals surface area contributed by atoms with E-state index in [1.165, 1.54) is 4.90 Å². The van der Waals surface area contributed by atoms with Crippen LogP contribution in [0.4, 0.5) is 17.6 Å². The van der Waals surface area contributed by atoms with Gasteiger partial charge in [-0.3, -0.25) is 4.79 Å². The summed E-state index contributed by atoms with van der Waals surface area (Å²) >= 11 is 0. The Morgan fingerprint density at radius 3 is 2.82 bits per heavy atom. The first kappa shape index (κ1) is 18.8. The molecule has 9 heteroatoms. The number of hydrogen-bond donors (Lipinski definition) is 2.